The van der Waals surface area contributed by atoms with E-state index >= 15 is 0 Å². The van der Waals surface area contributed by atoms with Crippen molar-refractivity contribution >= 4 is 46.0 Å². The lowest BCUT2D eigenvalue weighted by Crippen LogP contribution is -1.76. The summed E-state index contributed by atoms with van der Waals surface area (Å²) in [4.78, 5) is 1.29. The summed E-state index contributed by atoms with van der Waals surface area (Å²) in [6.07, 6.45) is 0. The fourth-order valence-corrected chi connectivity index (χ4v) is 2.28. The molecular formula is C8H8ClIS. The molecule has 1 aromatic rings. The topological polar surface area (TPSA) is 0 Å². The first kappa shape index (κ1) is 9.68. The van der Waals surface area contributed by atoms with Crippen LogP contribution in [-0.2, 0) is 0 Å². The first-order valence-corrected chi connectivity index (χ1v) is 5.76. The summed E-state index contributed by atoms with van der Waals surface area (Å²) in [6.45, 7) is 2.14. The van der Waals surface area contributed by atoms with Crippen LogP contribution < -0.4 is 0 Å². The quantitative estimate of drug-likeness (QED) is 0.586. The van der Waals surface area contributed by atoms with Gasteiger partial charge >= 0.3 is 0 Å². The second kappa shape index (κ2) is 4.58. The van der Waals surface area contributed by atoms with Gasteiger partial charge in [-0.2, -0.15) is 0 Å². The highest BCUT2D eigenvalue weighted by Crippen LogP contribution is 2.25. The summed E-state index contributed by atoms with van der Waals surface area (Å²) < 4.78 is 1.13. The fraction of sp³-hybridized carbons (Fsp3) is 0.250. The van der Waals surface area contributed by atoms with E-state index in [1.54, 1.807) is 0 Å². The van der Waals surface area contributed by atoms with Gasteiger partial charge in [0.05, 0.1) is 5.02 Å². The molecule has 60 valence electrons. The van der Waals surface area contributed by atoms with Crippen LogP contribution >= 0.6 is 46.0 Å². The summed E-state index contributed by atoms with van der Waals surface area (Å²) >= 11 is 9.94. The van der Waals surface area contributed by atoms with E-state index in [4.69, 9.17) is 11.6 Å². The average molecular weight is 299 g/mol. The molecule has 1 rings (SSSR count). The zero-order valence-electron chi connectivity index (χ0n) is 6.10. The summed E-state index contributed by atoms with van der Waals surface area (Å²) in [6, 6.07) is 6.11. The third kappa shape index (κ3) is 2.84. The van der Waals surface area contributed by atoms with Crippen LogP contribution in [0.5, 0.6) is 0 Å². The Morgan fingerprint density at radius 2 is 2.27 bits per heavy atom. The van der Waals surface area contributed by atoms with E-state index in [2.05, 4.69) is 41.6 Å². The number of rotatable bonds is 2. The SMILES string of the molecule is CCSc1ccc(Cl)c(I)c1. The summed E-state index contributed by atoms with van der Waals surface area (Å²) in [5.41, 5.74) is 0. The largest absolute Gasteiger partial charge is 0.126 e. The van der Waals surface area contributed by atoms with Crippen molar-refractivity contribution in [2.45, 2.75) is 11.8 Å². The molecule has 0 unspecified atom stereocenters. The van der Waals surface area contributed by atoms with Crippen LogP contribution in [0.3, 0.4) is 0 Å². The minimum absolute atomic E-state index is 0.839. The Kier molecular flexibility index (Phi) is 4.02. The highest BCUT2D eigenvalue weighted by Gasteiger charge is 1.97. The molecule has 0 radical (unpaired) electrons. The van der Waals surface area contributed by atoms with Crippen LogP contribution in [0.2, 0.25) is 5.02 Å². The maximum atomic E-state index is 5.86. The van der Waals surface area contributed by atoms with E-state index in [9.17, 15) is 0 Å². The predicted molar refractivity (Wildman–Crippen MR) is 60.6 cm³/mol. The first-order valence-electron chi connectivity index (χ1n) is 3.32. The first-order chi connectivity index (χ1) is 5.24. The molecule has 0 nitrogen and oxygen atoms in total. The standard InChI is InChI=1S/C8H8ClIS/c1-2-11-6-3-4-7(9)8(10)5-6/h3-5H,2H2,1H3. The number of hydrogen-bond acceptors (Lipinski definition) is 1. The minimum Gasteiger partial charge on any atom is -0.126 e. The van der Waals surface area contributed by atoms with Gasteiger partial charge < -0.3 is 0 Å². The fourth-order valence-electron chi connectivity index (χ4n) is 0.733. The van der Waals surface area contributed by atoms with E-state index in [1.165, 1.54) is 4.90 Å². The van der Waals surface area contributed by atoms with Gasteiger partial charge in [-0.1, -0.05) is 18.5 Å². The molecule has 0 atom stereocenters. The zero-order chi connectivity index (χ0) is 8.27. The van der Waals surface area contributed by atoms with Crippen molar-refractivity contribution < 1.29 is 0 Å². The molecule has 1 aromatic carbocycles. The average Bonchev–Trinajstić information content (AvgIpc) is 1.98. The molecule has 0 heterocycles. The van der Waals surface area contributed by atoms with Crippen molar-refractivity contribution in [1.82, 2.24) is 0 Å². The molecule has 0 fully saturated rings. The Bertz CT molecular complexity index is 250. The lowest BCUT2D eigenvalue weighted by atomic mass is 10.4. The third-order valence-corrected chi connectivity index (χ3v) is 3.62. The molecule has 0 saturated heterocycles. The molecule has 0 bridgehead atoms. The lowest BCUT2D eigenvalue weighted by Gasteiger charge is -1.99. The monoisotopic (exact) mass is 298 g/mol. The molecule has 11 heavy (non-hydrogen) atoms. The van der Waals surface area contributed by atoms with E-state index in [0.29, 0.717) is 0 Å². The van der Waals surface area contributed by atoms with Gasteiger partial charge in [0.2, 0.25) is 0 Å². The zero-order valence-corrected chi connectivity index (χ0v) is 9.83. The summed E-state index contributed by atoms with van der Waals surface area (Å²) in [5.74, 6) is 1.11. The van der Waals surface area contributed by atoms with Gasteiger partial charge in [-0.3, -0.25) is 0 Å². The number of hydrogen-bond donors (Lipinski definition) is 0. The molecule has 0 aliphatic rings. The summed E-state index contributed by atoms with van der Waals surface area (Å²) in [5, 5.41) is 0.839. The van der Waals surface area contributed by atoms with Gasteiger partial charge in [0.25, 0.3) is 0 Å². The van der Waals surface area contributed by atoms with Crippen LogP contribution in [0.4, 0.5) is 0 Å². The second-order valence-corrected chi connectivity index (χ2v) is 4.92. The Hall–Kier alpha value is 0.590. The number of thioether (sulfide) groups is 1. The predicted octanol–water partition coefficient (Wildman–Crippen LogP) is 4.06. The summed E-state index contributed by atoms with van der Waals surface area (Å²) in [7, 11) is 0. The van der Waals surface area contributed by atoms with Crippen LogP contribution in [0.25, 0.3) is 0 Å². The third-order valence-electron chi connectivity index (χ3n) is 1.20. The molecule has 3 heteroatoms. The highest BCUT2D eigenvalue weighted by molar-refractivity contribution is 14.1. The van der Waals surface area contributed by atoms with Crippen LogP contribution in [-0.4, -0.2) is 5.75 Å². The van der Waals surface area contributed by atoms with Gasteiger partial charge in [-0.15, -0.1) is 11.8 Å². The van der Waals surface area contributed by atoms with Gasteiger partial charge in [0.1, 0.15) is 0 Å². The minimum atomic E-state index is 0.839. The van der Waals surface area contributed by atoms with Crippen LogP contribution in [0.15, 0.2) is 23.1 Å². The van der Waals surface area contributed by atoms with Crippen molar-refractivity contribution in [3.63, 3.8) is 0 Å². The normalized spacial score (nSPS) is 10.1. The number of halogens is 2. The van der Waals surface area contributed by atoms with Gasteiger partial charge in [0, 0.05) is 8.47 Å². The van der Waals surface area contributed by atoms with Crippen LogP contribution in [0, 0.1) is 3.57 Å². The lowest BCUT2D eigenvalue weighted by molar-refractivity contribution is 1.41. The van der Waals surface area contributed by atoms with Crippen molar-refractivity contribution in [3.8, 4) is 0 Å². The molecule has 0 aromatic heterocycles. The van der Waals surface area contributed by atoms with E-state index in [1.807, 2.05) is 17.8 Å². The molecule has 0 N–H and O–H groups in total. The molecule has 0 aliphatic carbocycles. The Morgan fingerprint density at radius 3 is 2.82 bits per heavy atom. The number of benzene rings is 1. The second-order valence-electron chi connectivity index (χ2n) is 2.01. The molecule has 0 saturated carbocycles. The molecule has 0 spiro atoms. The van der Waals surface area contributed by atoms with Crippen molar-refractivity contribution in [2.75, 3.05) is 5.75 Å². The molecule has 0 amide bonds. The van der Waals surface area contributed by atoms with E-state index in [0.717, 1.165) is 14.3 Å². The van der Waals surface area contributed by atoms with E-state index in [-0.39, 0.29) is 0 Å². The molecule has 0 aliphatic heterocycles. The van der Waals surface area contributed by atoms with Gasteiger partial charge in [-0.05, 0) is 46.5 Å². The van der Waals surface area contributed by atoms with Crippen LogP contribution in [0.1, 0.15) is 6.92 Å². The molecular weight excluding hydrogens is 291 g/mol. The van der Waals surface area contributed by atoms with Gasteiger partial charge in [-0.25, -0.2) is 0 Å². The Morgan fingerprint density at radius 1 is 1.55 bits per heavy atom. The van der Waals surface area contributed by atoms with Gasteiger partial charge in [0.15, 0.2) is 0 Å². The van der Waals surface area contributed by atoms with E-state index < -0.39 is 0 Å². The Balaban J connectivity index is 2.86. The van der Waals surface area contributed by atoms with Crippen molar-refractivity contribution in [2.24, 2.45) is 0 Å². The maximum Gasteiger partial charge on any atom is 0.0540 e. The smallest absolute Gasteiger partial charge is 0.0540 e. The maximum absolute atomic E-state index is 5.86. The van der Waals surface area contributed by atoms with Crippen molar-refractivity contribution in [1.29, 1.82) is 0 Å². The van der Waals surface area contributed by atoms with Crippen molar-refractivity contribution in [3.05, 3.63) is 26.8 Å². The Labute approximate surface area is 89.8 Å². The highest BCUT2D eigenvalue weighted by atomic mass is 127.